The summed E-state index contributed by atoms with van der Waals surface area (Å²) in [6, 6.07) is 24.5. The van der Waals surface area contributed by atoms with Crippen molar-refractivity contribution in [3.8, 4) is 29.0 Å². The Balaban J connectivity index is 1.79. The van der Waals surface area contributed by atoms with Crippen LogP contribution in [0, 0.1) is 22.7 Å². The molecule has 2 aromatic heterocycles. The van der Waals surface area contributed by atoms with Crippen molar-refractivity contribution in [3.05, 3.63) is 107 Å². The third-order valence-electron chi connectivity index (χ3n) is 6.20. The van der Waals surface area contributed by atoms with Crippen LogP contribution in [0.1, 0.15) is 28.1 Å². The predicted molar refractivity (Wildman–Crippen MR) is 131 cm³/mol. The standard InChI is InChI=1S/C28H21N5O2/c1-33-17-32-16-25(33)28(31,22-8-6-18(14-29)7-9-22)26-13-21-10-19(15-30)11-24(27(21)35-26)20-4-3-5-23(12-20)34-2/h3-13,16-17H,31H2,1-2H3/t28-/m0/s1. The Labute approximate surface area is 202 Å². The van der Waals surface area contributed by atoms with Gasteiger partial charge >= 0.3 is 0 Å². The molecule has 0 aliphatic heterocycles. The molecule has 0 saturated carbocycles. The first-order valence-corrected chi connectivity index (χ1v) is 10.9. The molecule has 1 atom stereocenters. The van der Waals surface area contributed by atoms with Crippen molar-refractivity contribution in [2.24, 2.45) is 12.8 Å². The van der Waals surface area contributed by atoms with Gasteiger partial charge in [0.05, 0.1) is 48.6 Å². The Morgan fingerprint density at radius 2 is 1.77 bits per heavy atom. The van der Waals surface area contributed by atoms with E-state index in [2.05, 4.69) is 17.1 Å². The molecule has 3 aromatic carbocycles. The van der Waals surface area contributed by atoms with Gasteiger partial charge in [0, 0.05) is 18.0 Å². The average molecular weight is 460 g/mol. The van der Waals surface area contributed by atoms with Crippen LogP contribution in [0.3, 0.4) is 0 Å². The van der Waals surface area contributed by atoms with Gasteiger partial charge in [0.25, 0.3) is 0 Å². The summed E-state index contributed by atoms with van der Waals surface area (Å²) in [5, 5.41) is 19.7. The summed E-state index contributed by atoms with van der Waals surface area (Å²) in [5.74, 6) is 1.19. The van der Waals surface area contributed by atoms with E-state index < -0.39 is 5.54 Å². The van der Waals surface area contributed by atoms with Gasteiger partial charge < -0.3 is 19.5 Å². The molecule has 0 spiro atoms. The molecule has 0 aliphatic rings. The van der Waals surface area contributed by atoms with Gasteiger partial charge in [-0.1, -0.05) is 24.3 Å². The van der Waals surface area contributed by atoms with Crippen molar-refractivity contribution in [1.29, 1.82) is 10.5 Å². The summed E-state index contributed by atoms with van der Waals surface area (Å²) in [5.41, 5.74) is 10.7. The number of nitrogens with zero attached hydrogens (tertiary/aromatic N) is 4. The van der Waals surface area contributed by atoms with E-state index >= 15 is 0 Å². The Morgan fingerprint density at radius 3 is 2.43 bits per heavy atom. The van der Waals surface area contributed by atoms with Crippen LogP contribution in [0.15, 0.2) is 83.7 Å². The summed E-state index contributed by atoms with van der Waals surface area (Å²) in [6.45, 7) is 0. The third kappa shape index (κ3) is 3.61. The largest absolute Gasteiger partial charge is 0.497 e. The van der Waals surface area contributed by atoms with Crippen LogP contribution in [0.2, 0.25) is 0 Å². The molecule has 2 N–H and O–H groups in total. The number of imidazole rings is 1. The average Bonchev–Trinajstić information content (AvgIpc) is 3.54. The molecule has 0 aliphatic carbocycles. The Hall–Kier alpha value is -4.85. The second kappa shape index (κ2) is 8.49. The van der Waals surface area contributed by atoms with Gasteiger partial charge in [-0.05, 0) is 53.6 Å². The number of fused-ring (bicyclic) bond motifs is 1. The highest BCUT2D eigenvalue weighted by Gasteiger charge is 2.38. The molecule has 0 bridgehead atoms. The minimum atomic E-state index is -1.20. The Kier molecular flexibility index (Phi) is 5.33. The first-order valence-electron chi connectivity index (χ1n) is 10.9. The minimum absolute atomic E-state index is 0.486. The first-order chi connectivity index (χ1) is 17.0. The number of rotatable bonds is 5. The summed E-state index contributed by atoms with van der Waals surface area (Å²) in [6.07, 6.45) is 3.38. The molecule has 0 amide bonds. The van der Waals surface area contributed by atoms with Crippen LogP contribution < -0.4 is 10.5 Å². The van der Waals surface area contributed by atoms with Crippen molar-refractivity contribution in [3.63, 3.8) is 0 Å². The number of aryl methyl sites for hydroxylation is 1. The fourth-order valence-corrected chi connectivity index (χ4v) is 4.38. The maximum Gasteiger partial charge on any atom is 0.142 e. The lowest BCUT2D eigenvalue weighted by Gasteiger charge is -2.28. The van der Waals surface area contributed by atoms with E-state index in [1.54, 1.807) is 43.9 Å². The predicted octanol–water partition coefficient (Wildman–Crippen LogP) is 4.84. The summed E-state index contributed by atoms with van der Waals surface area (Å²) >= 11 is 0. The highest BCUT2D eigenvalue weighted by molar-refractivity contribution is 5.94. The zero-order chi connectivity index (χ0) is 24.6. The number of nitriles is 2. The molecule has 0 saturated heterocycles. The lowest BCUT2D eigenvalue weighted by Crippen LogP contribution is -2.40. The molecule has 7 heteroatoms. The van der Waals surface area contributed by atoms with Crippen molar-refractivity contribution < 1.29 is 9.15 Å². The maximum absolute atomic E-state index is 9.68. The number of furan rings is 1. The number of benzene rings is 3. The van der Waals surface area contributed by atoms with Gasteiger partial charge in [0.1, 0.15) is 22.6 Å². The quantitative estimate of drug-likeness (QED) is 0.402. The zero-order valence-electron chi connectivity index (χ0n) is 19.2. The Morgan fingerprint density at radius 1 is 1.00 bits per heavy atom. The van der Waals surface area contributed by atoms with E-state index in [-0.39, 0.29) is 0 Å². The van der Waals surface area contributed by atoms with E-state index in [9.17, 15) is 10.5 Å². The normalized spacial score (nSPS) is 12.6. The van der Waals surface area contributed by atoms with Gasteiger partial charge in [0.15, 0.2) is 0 Å². The molecule has 5 aromatic rings. The fourth-order valence-electron chi connectivity index (χ4n) is 4.38. The Bertz CT molecular complexity index is 1630. The molecule has 5 rings (SSSR count). The third-order valence-corrected chi connectivity index (χ3v) is 6.20. The van der Waals surface area contributed by atoms with E-state index in [1.807, 2.05) is 54.1 Å². The summed E-state index contributed by atoms with van der Waals surface area (Å²) in [7, 11) is 3.48. The molecule has 170 valence electrons. The summed E-state index contributed by atoms with van der Waals surface area (Å²) < 4.78 is 13.7. The smallest absolute Gasteiger partial charge is 0.142 e. The van der Waals surface area contributed by atoms with Crippen LogP contribution in [0.5, 0.6) is 5.75 Å². The zero-order valence-corrected chi connectivity index (χ0v) is 19.2. The highest BCUT2D eigenvalue weighted by atomic mass is 16.5. The van der Waals surface area contributed by atoms with E-state index in [0.717, 1.165) is 22.1 Å². The number of hydrogen-bond donors (Lipinski definition) is 1. The van der Waals surface area contributed by atoms with E-state index in [4.69, 9.17) is 14.9 Å². The molecular weight excluding hydrogens is 438 g/mol. The van der Waals surface area contributed by atoms with Crippen LogP contribution in [-0.2, 0) is 12.6 Å². The van der Waals surface area contributed by atoms with E-state index in [1.165, 1.54) is 0 Å². The number of ether oxygens (including phenoxy) is 1. The SMILES string of the molecule is COc1cccc(-c2cc(C#N)cc3cc([C@](N)(c4ccc(C#N)cc4)c4cncn4C)oc23)c1. The second-order valence-corrected chi connectivity index (χ2v) is 8.28. The van der Waals surface area contributed by atoms with Gasteiger partial charge in [0.2, 0.25) is 0 Å². The molecule has 0 radical (unpaired) electrons. The molecule has 35 heavy (non-hydrogen) atoms. The van der Waals surface area contributed by atoms with Crippen molar-refractivity contribution >= 4 is 11.0 Å². The van der Waals surface area contributed by atoms with Crippen LogP contribution in [-0.4, -0.2) is 16.7 Å². The van der Waals surface area contributed by atoms with Crippen molar-refractivity contribution in [1.82, 2.24) is 9.55 Å². The topological polar surface area (TPSA) is 114 Å². The maximum atomic E-state index is 9.68. The van der Waals surface area contributed by atoms with Crippen LogP contribution >= 0.6 is 0 Å². The van der Waals surface area contributed by atoms with Crippen LogP contribution in [0.4, 0.5) is 0 Å². The molecule has 7 nitrogen and oxygen atoms in total. The minimum Gasteiger partial charge on any atom is -0.497 e. The first kappa shape index (κ1) is 22.0. The van der Waals surface area contributed by atoms with Crippen molar-refractivity contribution in [2.45, 2.75) is 5.54 Å². The highest BCUT2D eigenvalue weighted by Crippen LogP contribution is 2.40. The lowest BCUT2D eigenvalue weighted by atomic mass is 9.84. The van der Waals surface area contributed by atoms with Gasteiger partial charge in [-0.2, -0.15) is 10.5 Å². The molecule has 2 heterocycles. The van der Waals surface area contributed by atoms with E-state index in [0.29, 0.717) is 33.9 Å². The lowest BCUT2D eigenvalue weighted by molar-refractivity contribution is 0.415. The van der Waals surface area contributed by atoms with Gasteiger partial charge in [-0.15, -0.1) is 0 Å². The molecular formula is C28H21N5O2. The monoisotopic (exact) mass is 459 g/mol. The van der Waals surface area contributed by atoms with Gasteiger partial charge in [-0.3, -0.25) is 0 Å². The number of hydrogen-bond acceptors (Lipinski definition) is 6. The second-order valence-electron chi connectivity index (χ2n) is 8.28. The number of methoxy groups -OCH3 is 1. The van der Waals surface area contributed by atoms with Gasteiger partial charge in [-0.25, -0.2) is 4.98 Å². The molecule has 0 unspecified atom stereocenters. The molecule has 0 fully saturated rings. The fraction of sp³-hybridized carbons (Fsp3) is 0.107. The number of aromatic nitrogens is 2. The van der Waals surface area contributed by atoms with Crippen molar-refractivity contribution in [2.75, 3.05) is 7.11 Å². The number of nitrogens with two attached hydrogens (primary N) is 1. The van der Waals surface area contributed by atoms with Crippen LogP contribution in [0.25, 0.3) is 22.1 Å². The summed E-state index contributed by atoms with van der Waals surface area (Å²) in [4.78, 5) is 4.27.